The highest BCUT2D eigenvalue weighted by Crippen LogP contribution is 2.26. The number of aromatic nitrogens is 1. The number of rotatable bonds is 6. The van der Waals surface area contributed by atoms with Crippen molar-refractivity contribution in [1.82, 2.24) is 4.98 Å². The van der Waals surface area contributed by atoms with E-state index < -0.39 is 0 Å². The summed E-state index contributed by atoms with van der Waals surface area (Å²) in [7, 11) is 0. The molecule has 0 amide bonds. The quantitative estimate of drug-likeness (QED) is 0.629. The molecule has 1 unspecified atom stereocenters. The summed E-state index contributed by atoms with van der Waals surface area (Å²) in [5, 5.41) is 0. The van der Waals surface area contributed by atoms with Crippen molar-refractivity contribution in [3.05, 3.63) is 53.9 Å². The number of unbranched alkanes of at least 4 members (excludes halogenated alkanes) is 1. The van der Waals surface area contributed by atoms with Gasteiger partial charge >= 0.3 is 0 Å². The number of pyridine rings is 1. The molecule has 1 heterocycles. The number of halogens is 1. The first kappa shape index (κ1) is 15.0. The number of nitrogens with zero attached hydrogens (tertiary/aromatic N) is 1. The fraction of sp³-hybridized carbons (Fsp3) is 0.353. The summed E-state index contributed by atoms with van der Waals surface area (Å²) in [6.45, 7) is 2.08. The van der Waals surface area contributed by atoms with E-state index in [1.165, 1.54) is 22.3 Å². The number of nitrogens with two attached hydrogens (primary N) is 1. The van der Waals surface area contributed by atoms with Crippen molar-refractivity contribution in [3.8, 4) is 11.1 Å². The van der Waals surface area contributed by atoms with Gasteiger partial charge in [0, 0.05) is 24.3 Å². The predicted octanol–water partition coefficient (Wildman–Crippen LogP) is 4.47. The lowest BCUT2D eigenvalue weighted by Gasteiger charge is -2.14. The van der Waals surface area contributed by atoms with Gasteiger partial charge in [-0.1, -0.05) is 24.6 Å². The summed E-state index contributed by atoms with van der Waals surface area (Å²) in [6.07, 6.45) is 6.80. The van der Waals surface area contributed by atoms with E-state index in [1.54, 1.807) is 0 Å². The fourth-order valence-corrected chi connectivity index (χ4v) is 2.55. The summed E-state index contributed by atoms with van der Waals surface area (Å²) < 4.78 is 0. The minimum Gasteiger partial charge on any atom is -0.324 e. The lowest BCUT2D eigenvalue weighted by molar-refractivity contribution is 0.605. The van der Waals surface area contributed by atoms with Crippen molar-refractivity contribution in [1.29, 1.82) is 0 Å². The normalized spacial score (nSPS) is 12.3. The van der Waals surface area contributed by atoms with Gasteiger partial charge in [-0.05, 0) is 54.2 Å². The number of hydrogen-bond donors (Lipinski definition) is 1. The van der Waals surface area contributed by atoms with Crippen LogP contribution in [0.5, 0.6) is 0 Å². The third-order valence-electron chi connectivity index (χ3n) is 3.54. The summed E-state index contributed by atoms with van der Waals surface area (Å²) in [4.78, 5) is 4.14. The maximum absolute atomic E-state index is 6.27. The minimum absolute atomic E-state index is 0.0836. The van der Waals surface area contributed by atoms with E-state index in [2.05, 4.69) is 36.2 Å². The fourth-order valence-electron chi connectivity index (χ4n) is 2.36. The van der Waals surface area contributed by atoms with E-state index in [9.17, 15) is 0 Å². The summed E-state index contributed by atoms with van der Waals surface area (Å²) in [5.74, 6) is 0.711. The molecule has 0 fully saturated rings. The molecule has 0 bridgehead atoms. The standard InChI is InChI=1S/C17H21ClN2/c1-13-12-20-10-8-16(13)14-5-4-6-15(11-14)17(19)7-2-3-9-18/h4-6,8,10-12,17H,2-3,7,9,19H2,1H3. The Morgan fingerprint density at radius 1 is 1.25 bits per heavy atom. The SMILES string of the molecule is Cc1cnccc1-c1cccc(C(N)CCCCCl)c1. The molecule has 20 heavy (non-hydrogen) atoms. The molecule has 0 aliphatic heterocycles. The second-order valence-corrected chi connectivity index (χ2v) is 5.49. The molecule has 2 aromatic rings. The third kappa shape index (κ3) is 3.81. The molecular formula is C17H21ClN2. The zero-order chi connectivity index (χ0) is 14.4. The molecule has 2 nitrogen and oxygen atoms in total. The van der Waals surface area contributed by atoms with Crippen LogP contribution in [0.1, 0.15) is 36.4 Å². The van der Waals surface area contributed by atoms with Crippen molar-refractivity contribution in [2.24, 2.45) is 5.73 Å². The highest BCUT2D eigenvalue weighted by molar-refractivity contribution is 6.17. The average molecular weight is 289 g/mol. The van der Waals surface area contributed by atoms with Crippen molar-refractivity contribution in [2.45, 2.75) is 32.2 Å². The van der Waals surface area contributed by atoms with Crippen LogP contribution in [-0.2, 0) is 0 Å². The van der Waals surface area contributed by atoms with E-state index in [4.69, 9.17) is 17.3 Å². The van der Waals surface area contributed by atoms with Crippen LogP contribution < -0.4 is 5.73 Å². The van der Waals surface area contributed by atoms with Gasteiger partial charge in [-0.2, -0.15) is 0 Å². The molecule has 0 saturated carbocycles. The number of aryl methyl sites for hydroxylation is 1. The Bertz CT molecular complexity index is 554. The molecule has 0 spiro atoms. The summed E-state index contributed by atoms with van der Waals surface area (Å²) >= 11 is 5.71. The molecule has 0 radical (unpaired) electrons. The highest BCUT2D eigenvalue weighted by Gasteiger charge is 2.08. The Morgan fingerprint density at radius 3 is 2.85 bits per heavy atom. The van der Waals surface area contributed by atoms with Gasteiger partial charge in [-0.15, -0.1) is 11.6 Å². The van der Waals surface area contributed by atoms with E-state index in [0.29, 0.717) is 5.88 Å². The Labute approximate surface area is 126 Å². The Hall–Kier alpha value is -1.38. The number of benzene rings is 1. The first-order chi connectivity index (χ1) is 9.72. The molecular weight excluding hydrogens is 268 g/mol. The molecule has 2 rings (SSSR count). The first-order valence-corrected chi connectivity index (χ1v) is 7.58. The van der Waals surface area contributed by atoms with Crippen molar-refractivity contribution in [2.75, 3.05) is 5.88 Å². The van der Waals surface area contributed by atoms with Crippen LogP contribution in [0.3, 0.4) is 0 Å². The second kappa shape index (κ2) is 7.41. The largest absolute Gasteiger partial charge is 0.324 e. The van der Waals surface area contributed by atoms with E-state index in [-0.39, 0.29) is 6.04 Å². The smallest absolute Gasteiger partial charge is 0.0303 e. The highest BCUT2D eigenvalue weighted by atomic mass is 35.5. The van der Waals surface area contributed by atoms with E-state index in [0.717, 1.165) is 19.3 Å². The van der Waals surface area contributed by atoms with Crippen LogP contribution in [0.2, 0.25) is 0 Å². The van der Waals surface area contributed by atoms with Gasteiger partial charge in [0.15, 0.2) is 0 Å². The third-order valence-corrected chi connectivity index (χ3v) is 3.81. The van der Waals surface area contributed by atoms with Crippen LogP contribution in [0.15, 0.2) is 42.7 Å². The maximum atomic E-state index is 6.27. The molecule has 2 N–H and O–H groups in total. The molecule has 1 aromatic carbocycles. The van der Waals surface area contributed by atoms with Crippen LogP contribution >= 0.6 is 11.6 Å². The van der Waals surface area contributed by atoms with Gasteiger partial charge in [-0.3, -0.25) is 4.98 Å². The molecule has 3 heteroatoms. The van der Waals surface area contributed by atoms with Crippen LogP contribution in [0.25, 0.3) is 11.1 Å². The van der Waals surface area contributed by atoms with Gasteiger partial charge < -0.3 is 5.73 Å². The molecule has 0 aliphatic rings. The van der Waals surface area contributed by atoms with Crippen molar-refractivity contribution < 1.29 is 0 Å². The number of alkyl halides is 1. The number of hydrogen-bond acceptors (Lipinski definition) is 2. The van der Waals surface area contributed by atoms with Crippen LogP contribution in [0.4, 0.5) is 0 Å². The summed E-state index contributed by atoms with van der Waals surface area (Å²) in [6, 6.07) is 10.6. The average Bonchev–Trinajstić information content (AvgIpc) is 2.48. The van der Waals surface area contributed by atoms with Gasteiger partial charge in [0.25, 0.3) is 0 Å². The van der Waals surface area contributed by atoms with Crippen molar-refractivity contribution >= 4 is 11.6 Å². The van der Waals surface area contributed by atoms with Gasteiger partial charge in [-0.25, -0.2) is 0 Å². The maximum Gasteiger partial charge on any atom is 0.0303 e. The van der Waals surface area contributed by atoms with Gasteiger partial charge in [0.1, 0.15) is 0 Å². The predicted molar refractivity (Wildman–Crippen MR) is 85.9 cm³/mol. The van der Waals surface area contributed by atoms with Gasteiger partial charge in [0.2, 0.25) is 0 Å². The molecule has 1 aromatic heterocycles. The lowest BCUT2D eigenvalue weighted by atomic mass is 9.96. The molecule has 1 atom stereocenters. The topological polar surface area (TPSA) is 38.9 Å². The molecule has 106 valence electrons. The zero-order valence-corrected chi connectivity index (χ0v) is 12.6. The minimum atomic E-state index is 0.0836. The lowest BCUT2D eigenvalue weighted by Crippen LogP contribution is -2.10. The van der Waals surface area contributed by atoms with E-state index in [1.807, 2.05) is 18.5 Å². The van der Waals surface area contributed by atoms with E-state index >= 15 is 0 Å². The Morgan fingerprint density at radius 2 is 2.10 bits per heavy atom. The monoisotopic (exact) mass is 288 g/mol. The molecule has 0 saturated heterocycles. The van der Waals surface area contributed by atoms with Gasteiger partial charge in [0.05, 0.1) is 0 Å². The van der Waals surface area contributed by atoms with Crippen LogP contribution in [-0.4, -0.2) is 10.9 Å². The molecule has 0 aliphatic carbocycles. The second-order valence-electron chi connectivity index (χ2n) is 5.11. The summed E-state index contributed by atoms with van der Waals surface area (Å²) in [5.41, 5.74) is 11.1. The Balaban J connectivity index is 2.18. The van der Waals surface area contributed by atoms with Crippen LogP contribution in [0, 0.1) is 6.92 Å². The Kier molecular flexibility index (Phi) is 5.57. The zero-order valence-electron chi connectivity index (χ0n) is 11.8. The van der Waals surface area contributed by atoms with Crippen molar-refractivity contribution in [3.63, 3.8) is 0 Å². The first-order valence-electron chi connectivity index (χ1n) is 7.05.